The summed E-state index contributed by atoms with van der Waals surface area (Å²) in [7, 11) is 0. The van der Waals surface area contributed by atoms with Gasteiger partial charge in [-0.25, -0.2) is 4.79 Å². The molecule has 118 valence electrons. The minimum Gasteiger partial charge on any atom is -0.490 e. The third kappa shape index (κ3) is 3.16. The average Bonchev–Trinajstić information content (AvgIpc) is 3.40. The largest absolute Gasteiger partial charge is 0.490 e. The van der Waals surface area contributed by atoms with Crippen LogP contribution in [0.4, 0.5) is 10.5 Å². The normalized spacial score (nSPS) is 17.7. The minimum atomic E-state index is -0.0124. The van der Waals surface area contributed by atoms with Crippen molar-refractivity contribution < 1.29 is 9.53 Å². The van der Waals surface area contributed by atoms with E-state index in [-0.39, 0.29) is 6.03 Å². The molecule has 1 N–H and O–H groups in total. The van der Waals surface area contributed by atoms with Gasteiger partial charge in [-0.15, -0.1) is 0 Å². The van der Waals surface area contributed by atoms with Crippen LogP contribution in [-0.4, -0.2) is 25.2 Å². The second-order valence-electron chi connectivity index (χ2n) is 6.13. The van der Waals surface area contributed by atoms with E-state index in [4.69, 9.17) is 4.74 Å². The quantitative estimate of drug-likeness (QED) is 0.933. The highest BCUT2D eigenvalue weighted by molar-refractivity contribution is 5.93. The predicted molar refractivity (Wildman–Crippen MR) is 90.9 cm³/mol. The van der Waals surface area contributed by atoms with Crippen molar-refractivity contribution in [2.24, 2.45) is 0 Å². The summed E-state index contributed by atoms with van der Waals surface area (Å²) in [4.78, 5) is 13.8. The predicted octanol–water partition coefficient (Wildman–Crippen LogP) is 3.81. The summed E-state index contributed by atoms with van der Waals surface area (Å²) in [5.74, 6) is 0.933. The zero-order valence-corrected chi connectivity index (χ0v) is 13.0. The maximum atomic E-state index is 12.0. The molecule has 0 bridgehead atoms. The van der Waals surface area contributed by atoms with E-state index in [0.29, 0.717) is 6.10 Å². The average molecular weight is 308 g/mol. The number of nitrogens with one attached hydrogen (secondary N) is 1. The van der Waals surface area contributed by atoms with Gasteiger partial charge in [0, 0.05) is 18.8 Å². The number of nitrogens with zero attached hydrogens (tertiary/aromatic N) is 1. The van der Waals surface area contributed by atoms with Gasteiger partial charge in [-0.1, -0.05) is 24.3 Å². The first-order chi connectivity index (χ1) is 11.3. The summed E-state index contributed by atoms with van der Waals surface area (Å²) in [6.45, 7) is 1.53. The molecule has 1 aliphatic carbocycles. The van der Waals surface area contributed by atoms with E-state index in [0.717, 1.165) is 42.1 Å². The van der Waals surface area contributed by atoms with E-state index < -0.39 is 0 Å². The van der Waals surface area contributed by atoms with Crippen LogP contribution in [0.25, 0.3) is 11.1 Å². The van der Waals surface area contributed by atoms with Crippen LogP contribution < -0.4 is 15.0 Å². The molecule has 1 saturated heterocycles. The summed E-state index contributed by atoms with van der Waals surface area (Å²) in [5.41, 5.74) is 3.18. The van der Waals surface area contributed by atoms with Crippen molar-refractivity contribution in [2.45, 2.75) is 25.4 Å². The molecule has 1 aliphatic heterocycles. The Hall–Kier alpha value is -2.49. The molecule has 0 aromatic heterocycles. The fraction of sp³-hybridized carbons (Fsp3) is 0.316. The zero-order valence-electron chi connectivity index (χ0n) is 13.0. The van der Waals surface area contributed by atoms with Crippen LogP contribution in [-0.2, 0) is 0 Å². The fourth-order valence-electron chi connectivity index (χ4n) is 2.83. The van der Waals surface area contributed by atoms with Gasteiger partial charge in [-0.3, -0.25) is 4.90 Å². The Bertz CT molecular complexity index is 708. The fourth-order valence-corrected chi connectivity index (χ4v) is 2.83. The van der Waals surface area contributed by atoms with Crippen molar-refractivity contribution >= 4 is 11.7 Å². The number of amides is 2. The molecule has 2 aromatic carbocycles. The van der Waals surface area contributed by atoms with E-state index in [2.05, 4.69) is 29.6 Å². The van der Waals surface area contributed by atoms with Crippen molar-refractivity contribution in [1.82, 2.24) is 5.32 Å². The second kappa shape index (κ2) is 5.95. The second-order valence-corrected chi connectivity index (χ2v) is 6.13. The number of hydrogen-bond donors (Lipinski definition) is 1. The maximum absolute atomic E-state index is 12.0. The van der Waals surface area contributed by atoms with Gasteiger partial charge in [0.2, 0.25) is 0 Å². The van der Waals surface area contributed by atoms with Crippen molar-refractivity contribution in [1.29, 1.82) is 0 Å². The van der Waals surface area contributed by atoms with E-state index in [1.165, 1.54) is 12.8 Å². The Kier molecular flexibility index (Phi) is 3.66. The number of ether oxygens (including phenoxy) is 1. The first kappa shape index (κ1) is 14.1. The molecule has 23 heavy (non-hydrogen) atoms. The van der Waals surface area contributed by atoms with Gasteiger partial charge in [0.15, 0.2) is 0 Å². The Morgan fingerprint density at radius 3 is 2.61 bits per heavy atom. The lowest BCUT2D eigenvalue weighted by Gasteiger charge is -2.27. The zero-order chi connectivity index (χ0) is 15.6. The smallest absolute Gasteiger partial charge is 0.321 e. The number of hydrogen-bond acceptors (Lipinski definition) is 2. The minimum absolute atomic E-state index is 0.0124. The molecule has 4 rings (SSSR count). The van der Waals surface area contributed by atoms with E-state index in [9.17, 15) is 4.79 Å². The Balaban J connectivity index is 1.56. The number of anilines is 1. The van der Waals surface area contributed by atoms with Gasteiger partial charge in [0.1, 0.15) is 5.75 Å². The van der Waals surface area contributed by atoms with Crippen LogP contribution in [0, 0.1) is 0 Å². The van der Waals surface area contributed by atoms with E-state index >= 15 is 0 Å². The highest BCUT2D eigenvalue weighted by atomic mass is 16.5. The third-order valence-electron chi connectivity index (χ3n) is 4.25. The van der Waals surface area contributed by atoms with Crippen LogP contribution in [0.3, 0.4) is 0 Å². The van der Waals surface area contributed by atoms with E-state index in [1.54, 1.807) is 4.90 Å². The number of benzene rings is 2. The van der Waals surface area contributed by atoms with Crippen LogP contribution >= 0.6 is 0 Å². The molecule has 0 atom stereocenters. The number of carbonyl (C=O) groups is 1. The molecule has 1 saturated carbocycles. The maximum Gasteiger partial charge on any atom is 0.321 e. The highest BCUT2D eigenvalue weighted by Crippen LogP contribution is 2.30. The Morgan fingerprint density at radius 1 is 1.04 bits per heavy atom. The van der Waals surface area contributed by atoms with Gasteiger partial charge in [-0.05, 0) is 54.7 Å². The Labute approximate surface area is 136 Å². The summed E-state index contributed by atoms with van der Waals surface area (Å²) in [6, 6.07) is 16.3. The van der Waals surface area contributed by atoms with Crippen molar-refractivity contribution in [3.05, 3.63) is 48.5 Å². The lowest BCUT2D eigenvalue weighted by molar-refractivity contribution is 0.243. The SMILES string of the molecule is O=C1NCCCN1c1cccc(-c2ccc(OC3CC3)cc2)c1. The van der Waals surface area contributed by atoms with Crippen LogP contribution in [0.5, 0.6) is 5.75 Å². The molecule has 2 aromatic rings. The number of rotatable bonds is 4. The molecule has 2 amide bonds. The Morgan fingerprint density at radius 2 is 1.87 bits per heavy atom. The number of carbonyl (C=O) groups excluding carboxylic acids is 1. The molecule has 0 radical (unpaired) electrons. The van der Waals surface area contributed by atoms with Crippen LogP contribution in [0.15, 0.2) is 48.5 Å². The molecule has 4 heteroatoms. The number of urea groups is 1. The third-order valence-corrected chi connectivity index (χ3v) is 4.25. The summed E-state index contributed by atoms with van der Waals surface area (Å²) in [5, 5.41) is 2.89. The van der Waals surface area contributed by atoms with Crippen LogP contribution in [0.1, 0.15) is 19.3 Å². The molecule has 2 fully saturated rings. The van der Waals surface area contributed by atoms with E-state index in [1.807, 2.05) is 24.3 Å². The molecule has 0 spiro atoms. The van der Waals surface area contributed by atoms with Gasteiger partial charge < -0.3 is 10.1 Å². The first-order valence-electron chi connectivity index (χ1n) is 8.22. The van der Waals surface area contributed by atoms with Gasteiger partial charge in [0.05, 0.1) is 6.10 Å². The monoisotopic (exact) mass is 308 g/mol. The topological polar surface area (TPSA) is 41.6 Å². The lowest BCUT2D eigenvalue weighted by Crippen LogP contribution is -2.46. The highest BCUT2D eigenvalue weighted by Gasteiger charge is 2.23. The molecular formula is C19H20N2O2. The molecule has 0 unspecified atom stereocenters. The first-order valence-corrected chi connectivity index (χ1v) is 8.22. The van der Waals surface area contributed by atoms with Crippen molar-refractivity contribution in [2.75, 3.05) is 18.0 Å². The summed E-state index contributed by atoms with van der Waals surface area (Å²) < 4.78 is 5.79. The standard InChI is InChI=1S/C19H20N2O2/c22-19-20-11-2-12-21(19)16-4-1-3-15(13-16)14-5-7-17(8-6-14)23-18-9-10-18/h1,3-8,13,18H,2,9-12H2,(H,20,22). The van der Waals surface area contributed by atoms with Crippen LogP contribution in [0.2, 0.25) is 0 Å². The van der Waals surface area contributed by atoms with Gasteiger partial charge in [-0.2, -0.15) is 0 Å². The molecule has 2 aliphatic rings. The summed E-state index contributed by atoms with van der Waals surface area (Å²) >= 11 is 0. The molecule has 4 nitrogen and oxygen atoms in total. The van der Waals surface area contributed by atoms with Crippen molar-refractivity contribution in [3.63, 3.8) is 0 Å². The van der Waals surface area contributed by atoms with Gasteiger partial charge >= 0.3 is 6.03 Å². The molecular weight excluding hydrogens is 288 g/mol. The lowest BCUT2D eigenvalue weighted by atomic mass is 10.0. The van der Waals surface area contributed by atoms with Crippen molar-refractivity contribution in [3.8, 4) is 16.9 Å². The summed E-state index contributed by atoms with van der Waals surface area (Å²) in [6.07, 6.45) is 3.73. The van der Waals surface area contributed by atoms with Gasteiger partial charge in [0.25, 0.3) is 0 Å². The molecule has 1 heterocycles.